The van der Waals surface area contributed by atoms with E-state index < -0.39 is 17.9 Å². The van der Waals surface area contributed by atoms with Crippen LogP contribution in [-0.4, -0.2) is 49.5 Å². The Morgan fingerprint density at radius 1 is 1.00 bits per heavy atom. The monoisotopic (exact) mass is 386 g/mol. The predicted molar refractivity (Wildman–Crippen MR) is 106 cm³/mol. The van der Waals surface area contributed by atoms with Crippen LogP contribution in [0.25, 0.3) is 33.1 Å². The number of para-hydroxylation sites is 1. The summed E-state index contributed by atoms with van der Waals surface area (Å²) in [6.45, 7) is 0. The Kier molecular flexibility index (Phi) is 3.44. The zero-order valence-electron chi connectivity index (χ0n) is 15.2. The maximum Gasteiger partial charge on any atom is 0.416 e. The van der Waals surface area contributed by atoms with Crippen molar-refractivity contribution in [2.24, 2.45) is 0 Å². The van der Waals surface area contributed by atoms with E-state index in [2.05, 4.69) is 9.97 Å². The second-order valence-electron chi connectivity index (χ2n) is 6.73. The molecule has 142 valence electrons. The molecule has 29 heavy (non-hydrogen) atoms. The highest BCUT2D eigenvalue weighted by Gasteiger charge is 2.39. The van der Waals surface area contributed by atoms with Crippen molar-refractivity contribution >= 4 is 51.0 Å². The topological polar surface area (TPSA) is 108 Å². The molecule has 1 aliphatic heterocycles. The average molecular weight is 386 g/mol. The van der Waals surface area contributed by atoms with E-state index >= 15 is 0 Å². The Bertz CT molecular complexity index is 1390. The van der Waals surface area contributed by atoms with Crippen molar-refractivity contribution in [2.45, 2.75) is 0 Å². The lowest BCUT2D eigenvalue weighted by atomic mass is 9.96. The zero-order chi connectivity index (χ0) is 20.3. The summed E-state index contributed by atoms with van der Waals surface area (Å²) in [5, 5.41) is 10.9. The van der Waals surface area contributed by atoms with Crippen molar-refractivity contribution < 1.29 is 19.5 Å². The molecule has 4 heterocycles. The van der Waals surface area contributed by atoms with Crippen molar-refractivity contribution in [3.05, 3.63) is 66.1 Å². The Hall–Kier alpha value is -4.20. The number of imide groups is 1. The van der Waals surface area contributed by atoms with Crippen LogP contribution >= 0.6 is 0 Å². The molecule has 0 spiro atoms. The molecule has 3 aromatic heterocycles. The fourth-order valence-electron chi connectivity index (χ4n) is 3.84. The van der Waals surface area contributed by atoms with Crippen LogP contribution in [0.15, 0.2) is 55.0 Å². The molecule has 1 aliphatic rings. The molecule has 0 fully saturated rings. The normalized spacial score (nSPS) is 14.6. The lowest BCUT2D eigenvalue weighted by Crippen LogP contribution is -2.26. The molecule has 0 unspecified atom stereocenters. The summed E-state index contributed by atoms with van der Waals surface area (Å²) >= 11 is 0. The van der Waals surface area contributed by atoms with Gasteiger partial charge in [0.15, 0.2) is 0 Å². The third kappa shape index (κ3) is 2.26. The molecule has 0 aliphatic carbocycles. The van der Waals surface area contributed by atoms with Crippen LogP contribution in [0.3, 0.4) is 0 Å². The number of pyridine rings is 1. The minimum Gasteiger partial charge on any atom is -0.464 e. The number of hydrogen-bond donors (Lipinski definition) is 2. The van der Waals surface area contributed by atoms with E-state index in [1.54, 1.807) is 42.7 Å². The summed E-state index contributed by atoms with van der Waals surface area (Å²) in [6.07, 6.45) is 3.50. The Balaban J connectivity index is 1.88. The van der Waals surface area contributed by atoms with Gasteiger partial charge in [-0.25, -0.2) is 9.78 Å². The number of benzene rings is 1. The third-order valence-corrected chi connectivity index (χ3v) is 5.19. The van der Waals surface area contributed by atoms with Crippen LogP contribution in [0.1, 0.15) is 11.1 Å². The molecule has 8 heteroatoms. The van der Waals surface area contributed by atoms with Crippen molar-refractivity contribution in [1.29, 1.82) is 0 Å². The minimum absolute atomic E-state index is 0.179. The number of H-pyrrole nitrogens is 1. The van der Waals surface area contributed by atoms with E-state index in [4.69, 9.17) is 0 Å². The number of carbonyl (C=O) groups is 3. The number of nitrogens with one attached hydrogen (secondary N) is 1. The summed E-state index contributed by atoms with van der Waals surface area (Å²) < 4.78 is 1.06. The Morgan fingerprint density at radius 3 is 2.45 bits per heavy atom. The maximum atomic E-state index is 13.0. The van der Waals surface area contributed by atoms with Crippen molar-refractivity contribution in [3.63, 3.8) is 0 Å². The van der Waals surface area contributed by atoms with Gasteiger partial charge in [-0.3, -0.25) is 19.1 Å². The highest BCUT2D eigenvalue weighted by molar-refractivity contribution is 6.50. The number of likely N-dealkylation sites (N-methyl/N-ethyl adjacent to an activating group) is 1. The molecule has 2 amide bonds. The van der Waals surface area contributed by atoms with Gasteiger partial charge in [-0.1, -0.05) is 18.2 Å². The largest absolute Gasteiger partial charge is 0.464 e. The van der Waals surface area contributed by atoms with Gasteiger partial charge in [-0.2, -0.15) is 0 Å². The molecule has 0 saturated carbocycles. The average Bonchev–Trinajstić information content (AvgIpc) is 3.37. The number of amides is 2. The standard InChI is InChI=1S/C21H14N4O4/c1-24-19(26)16(13-9-23-18-12(13)6-4-8-22-18)17(20(24)27)14-10-25(21(28)29)15-7-3-2-5-11(14)15/h2-10H,1H3,(H,22,23)(H,28,29). The summed E-state index contributed by atoms with van der Waals surface area (Å²) in [5.74, 6) is -0.918. The number of carboxylic acid groups (broad SMARTS) is 1. The molecule has 4 aromatic rings. The molecule has 8 nitrogen and oxygen atoms in total. The summed E-state index contributed by atoms with van der Waals surface area (Å²) in [4.78, 5) is 46.1. The first kappa shape index (κ1) is 16.9. The molecule has 0 bridgehead atoms. The number of fused-ring (bicyclic) bond motifs is 2. The van der Waals surface area contributed by atoms with E-state index in [1.165, 1.54) is 13.2 Å². The van der Waals surface area contributed by atoms with Crippen molar-refractivity contribution in [1.82, 2.24) is 19.4 Å². The maximum absolute atomic E-state index is 13.0. The quantitative estimate of drug-likeness (QED) is 0.515. The molecule has 1 aromatic carbocycles. The summed E-state index contributed by atoms with van der Waals surface area (Å²) in [5.41, 5.74) is 2.40. The number of rotatable bonds is 2. The molecule has 0 saturated heterocycles. The first-order chi connectivity index (χ1) is 14.0. The zero-order valence-corrected chi connectivity index (χ0v) is 15.2. The van der Waals surface area contributed by atoms with E-state index in [-0.39, 0.29) is 11.1 Å². The Morgan fingerprint density at radius 2 is 1.69 bits per heavy atom. The van der Waals surface area contributed by atoms with Gasteiger partial charge in [-0.15, -0.1) is 0 Å². The van der Waals surface area contributed by atoms with Crippen molar-refractivity contribution in [2.75, 3.05) is 7.05 Å². The fraction of sp³-hybridized carbons (Fsp3) is 0.0476. The van der Waals surface area contributed by atoms with E-state index in [0.717, 1.165) is 9.47 Å². The highest BCUT2D eigenvalue weighted by atomic mass is 16.4. The fourth-order valence-corrected chi connectivity index (χ4v) is 3.84. The van der Waals surface area contributed by atoms with Gasteiger partial charge in [0.05, 0.1) is 16.7 Å². The van der Waals surface area contributed by atoms with Gasteiger partial charge in [0.25, 0.3) is 11.8 Å². The lowest BCUT2D eigenvalue weighted by Gasteiger charge is -2.06. The van der Waals surface area contributed by atoms with E-state index in [9.17, 15) is 19.5 Å². The number of carbonyl (C=O) groups excluding carboxylic acids is 2. The molecule has 2 N–H and O–H groups in total. The van der Waals surface area contributed by atoms with Crippen LogP contribution in [-0.2, 0) is 9.59 Å². The summed E-state index contributed by atoms with van der Waals surface area (Å²) in [7, 11) is 1.42. The third-order valence-electron chi connectivity index (χ3n) is 5.19. The van der Waals surface area contributed by atoms with E-state index in [0.29, 0.717) is 33.1 Å². The number of aromatic nitrogens is 3. The smallest absolute Gasteiger partial charge is 0.416 e. The van der Waals surface area contributed by atoms with Crippen molar-refractivity contribution in [3.8, 4) is 0 Å². The number of hydrogen-bond acceptors (Lipinski definition) is 4. The molecular weight excluding hydrogens is 372 g/mol. The van der Waals surface area contributed by atoms with Gasteiger partial charge in [-0.05, 0) is 18.2 Å². The Labute approximate surface area is 163 Å². The molecule has 5 rings (SSSR count). The van der Waals surface area contributed by atoms with Crippen LogP contribution in [0.5, 0.6) is 0 Å². The second-order valence-corrected chi connectivity index (χ2v) is 6.73. The minimum atomic E-state index is -1.17. The van der Waals surface area contributed by atoms with Crippen LogP contribution in [0.4, 0.5) is 4.79 Å². The van der Waals surface area contributed by atoms with Crippen LogP contribution in [0.2, 0.25) is 0 Å². The van der Waals surface area contributed by atoms with Gasteiger partial charge in [0.2, 0.25) is 0 Å². The van der Waals surface area contributed by atoms with E-state index in [1.807, 2.05) is 6.07 Å². The first-order valence-corrected chi connectivity index (χ1v) is 8.82. The molecule has 0 radical (unpaired) electrons. The number of aromatic amines is 1. The van der Waals surface area contributed by atoms with Gasteiger partial charge in [0, 0.05) is 47.5 Å². The van der Waals surface area contributed by atoms with Gasteiger partial charge < -0.3 is 10.1 Å². The highest BCUT2D eigenvalue weighted by Crippen LogP contribution is 2.40. The number of nitrogens with zero attached hydrogens (tertiary/aromatic N) is 3. The van der Waals surface area contributed by atoms with Gasteiger partial charge in [0.1, 0.15) is 5.65 Å². The SMILES string of the molecule is CN1C(=O)C(c2c[nH]c3ncccc23)=C(c2cn(C(=O)O)c3ccccc23)C1=O. The van der Waals surface area contributed by atoms with Gasteiger partial charge >= 0.3 is 6.09 Å². The second kappa shape index (κ2) is 5.90. The lowest BCUT2D eigenvalue weighted by molar-refractivity contribution is -0.134. The predicted octanol–water partition coefficient (Wildman–Crippen LogP) is 2.95. The first-order valence-electron chi connectivity index (χ1n) is 8.82. The summed E-state index contributed by atoms with van der Waals surface area (Å²) in [6, 6.07) is 10.4. The molecular formula is C21H14N4O4. The van der Waals surface area contributed by atoms with Crippen LogP contribution < -0.4 is 0 Å². The van der Waals surface area contributed by atoms with Crippen LogP contribution in [0, 0.1) is 0 Å². The molecule has 0 atom stereocenters.